The third-order valence-corrected chi connectivity index (χ3v) is 1.94. The van der Waals surface area contributed by atoms with Crippen molar-refractivity contribution >= 4 is 23.5 Å². The molecule has 13 heavy (non-hydrogen) atoms. The van der Waals surface area contributed by atoms with Crippen molar-refractivity contribution < 1.29 is 14.3 Å². The Morgan fingerprint density at radius 2 is 2.15 bits per heavy atom. The molecule has 0 aromatic heterocycles. The molecule has 0 saturated carbocycles. The zero-order valence-electron chi connectivity index (χ0n) is 7.70. The minimum Gasteiger partial charge on any atom is -0.460 e. The van der Waals surface area contributed by atoms with E-state index in [4.69, 9.17) is 0 Å². The van der Waals surface area contributed by atoms with E-state index >= 15 is 0 Å². The lowest BCUT2D eigenvalue weighted by Gasteiger charge is -2.01. The lowest BCUT2D eigenvalue weighted by atomic mass is 10.3. The molecule has 0 rings (SSSR count). The van der Waals surface area contributed by atoms with E-state index in [1.54, 1.807) is 13.2 Å². The standard InChI is InChI=1S/C9H12O3S/c1-4-6-7(13-3)8(10)9(11)12-5-2/h4,6H,1,5H2,2-3H3/b7-6-. The highest BCUT2D eigenvalue weighted by Crippen LogP contribution is 2.13. The number of esters is 1. The minimum atomic E-state index is -0.815. The molecule has 0 aromatic rings. The van der Waals surface area contributed by atoms with E-state index in [-0.39, 0.29) is 6.61 Å². The second-order valence-corrected chi connectivity index (χ2v) is 2.87. The van der Waals surface area contributed by atoms with Crippen LogP contribution in [-0.2, 0) is 14.3 Å². The molecule has 0 fully saturated rings. The normalized spacial score (nSPS) is 10.8. The maximum Gasteiger partial charge on any atom is 0.380 e. The molecular formula is C9H12O3S. The van der Waals surface area contributed by atoms with Gasteiger partial charge in [0.15, 0.2) is 0 Å². The van der Waals surface area contributed by atoms with Crippen molar-refractivity contribution in [1.29, 1.82) is 0 Å². The summed E-state index contributed by atoms with van der Waals surface area (Å²) in [6.07, 6.45) is 4.67. The minimum absolute atomic E-state index is 0.209. The lowest BCUT2D eigenvalue weighted by molar-refractivity contribution is -0.151. The summed E-state index contributed by atoms with van der Waals surface area (Å²) in [6, 6.07) is 0. The summed E-state index contributed by atoms with van der Waals surface area (Å²) in [7, 11) is 0. The van der Waals surface area contributed by atoms with Gasteiger partial charge in [-0.1, -0.05) is 12.7 Å². The van der Waals surface area contributed by atoms with E-state index in [9.17, 15) is 9.59 Å². The van der Waals surface area contributed by atoms with Gasteiger partial charge in [0.25, 0.3) is 5.78 Å². The van der Waals surface area contributed by atoms with Crippen LogP contribution in [0.2, 0.25) is 0 Å². The van der Waals surface area contributed by atoms with Gasteiger partial charge in [-0.25, -0.2) is 4.79 Å². The van der Waals surface area contributed by atoms with Crippen molar-refractivity contribution in [2.75, 3.05) is 12.9 Å². The average molecular weight is 200 g/mol. The van der Waals surface area contributed by atoms with Crippen LogP contribution in [0.1, 0.15) is 6.92 Å². The second kappa shape index (κ2) is 6.48. The highest BCUT2D eigenvalue weighted by atomic mass is 32.2. The molecule has 0 aliphatic rings. The zero-order valence-corrected chi connectivity index (χ0v) is 8.52. The van der Waals surface area contributed by atoms with Crippen LogP contribution in [0.5, 0.6) is 0 Å². The number of carbonyl (C=O) groups is 2. The largest absolute Gasteiger partial charge is 0.460 e. The van der Waals surface area contributed by atoms with Gasteiger partial charge < -0.3 is 4.74 Å². The van der Waals surface area contributed by atoms with Crippen molar-refractivity contribution in [2.24, 2.45) is 0 Å². The molecule has 0 aliphatic heterocycles. The van der Waals surface area contributed by atoms with Crippen LogP contribution in [0.25, 0.3) is 0 Å². The smallest absolute Gasteiger partial charge is 0.380 e. The maximum absolute atomic E-state index is 11.2. The molecule has 0 heterocycles. The summed E-state index contributed by atoms with van der Waals surface area (Å²) in [5.74, 6) is -1.43. The molecule has 0 aliphatic carbocycles. The van der Waals surface area contributed by atoms with Crippen LogP contribution in [-0.4, -0.2) is 24.6 Å². The first-order valence-electron chi connectivity index (χ1n) is 3.75. The molecule has 0 bridgehead atoms. The monoisotopic (exact) mass is 200 g/mol. The number of rotatable bonds is 5. The summed E-state index contributed by atoms with van der Waals surface area (Å²) < 4.78 is 4.56. The van der Waals surface area contributed by atoms with Crippen molar-refractivity contribution in [1.82, 2.24) is 0 Å². The lowest BCUT2D eigenvalue weighted by Crippen LogP contribution is -2.17. The Kier molecular flexibility index (Phi) is 5.97. The Hall–Kier alpha value is -1.03. The predicted molar refractivity (Wildman–Crippen MR) is 53.4 cm³/mol. The van der Waals surface area contributed by atoms with Gasteiger partial charge in [0, 0.05) is 0 Å². The number of thioether (sulfide) groups is 1. The molecule has 3 nitrogen and oxygen atoms in total. The van der Waals surface area contributed by atoms with Crippen LogP contribution in [0.15, 0.2) is 23.6 Å². The van der Waals surface area contributed by atoms with Crippen LogP contribution < -0.4 is 0 Å². The van der Waals surface area contributed by atoms with E-state index < -0.39 is 11.8 Å². The maximum atomic E-state index is 11.2. The summed E-state index contributed by atoms with van der Waals surface area (Å²) in [5, 5.41) is 0. The van der Waals surface area contributed by atoms with E-state index in [0.717, 1.165) is 0 Å². The zero-order chi connectivity index (χ0) is 10.3. The van der Waals surface area contributed by atoms with Crippen LogP contribution in [0.4, 0.5) is 0 Å². The van der Waals surface area contributed by atoms with Gasteiger partial charge in [-0.05, 0) is 19.3 Å². The number of hydrogen-bond donors (Lipinski definition) is 0. The Morgan fingerprint density at radius 1 is 1.54 bits per heavy atom. The second-order valence-electron chi connectivity index (χ2n) is 2.02. The van der Waals surface area contributed by atoms with Crippen molar-refractivity contribution in [3.63, 3.8) is 0 Å². The van der Waals surface area contributed by atoms with E-state index in [2.05, 4.69) is 11.3 Å². The van der Waals surface area contributed by atoms with E-state index in [0.29, 0.717) is 4.91 Å². The summed E-state index contributed by atoms with van der Waals surface area (Å²) in [4.78, 5) is 22.5. The molecular weight excluding hydrogens is 188 g/mol. The highest BCUT2D eigenvalue weighted by Gasteiger charge is 2.18. The van der Waals surface area contributed by atoms with Crippen molar-refractivity contribution in [3.8, 4) is 0 Å². The third-order valence-electron chi connectivity index (χ3n) is 1.17. The first-order valence-corrected chi connectivity index (χ1v) is 4.98. The number of carbonyl (C=O) groups excluding carboxylic acids is 2. The third kappa shape index (κ3) is 3.94. The van der Waals surface area contributed by atoms with E-state index in [1.807, 2.05) is 0 Å². The fourth-order valence-electron chi connectivity index (χ4n) is 0.641. The SMILES string of the molecule is C=C/C=C(\SC)C(=O)C(=O)OCC. The Bertz CT molecular complexity index is 243. The van der Waals surface area contributed by atoms with Crippen molar-refractivity contribution in [2.45, 2.75) is 6.92 Å². The molecule has 0 spiro atoms. The molecule has 0 radical (unpaired) electrons. The Labute approximate surface area is 81.8 Å². The number of Topliss-reactive ketones (excluding diaryl/α,β-unsaturated/α-hetero) is 1. The molecule has 0 amide bonds. The fourth-order valence-corrected chi connectivity index (χ4v) is 1.14. The predicted octanol–water partition coefficient (Wildman–Crippen LogP) is 1.55. The fraction of sp³-hybridized carbons (Fsp3) is 0.333. The summed E-state index contributed by atoms with van der Waals surface area (Å²) >= 11 is 1.20. The van der Waals surface area contributed by atoms with Crippen LogP contribution in [0.3, 0.4) is 0 Å². The van der Waals surface area contributed by atoms with Gasteiger partial charge in [-0.15, -0.1) is 11.8 Å². The quantitative estimate of drug-likeness (QED) is 0.292. The van der Waals surface area contributed by atoms with Gasteiger partial charge in [-0.2, -0.15) is 0 Å². The number of ether oxygens (including phenoxy) is 1. The van der Waals surface area contributed by atoms with Crippen LogP contribution in [0, 0.1) is 0 Å². The molecule has 0 unspecified atom stereocenters. The molecule has 4 heteroatoms. The molecule has 72 valence electrons. The highest BCUT2D eigenvalue weighted by molar-refractivity contribution is 8.03. The van der Waals surface area contributed by atoms with Crippen molar-refractivity contribution in [3.05, 3.63) is 23.6 Å². The molecule has 0 N–H and O–H groups in total. The summed E-state index contributed by atoms with van der Waals surface area (Å²) in [5.41, 5.74) is 0. The topological polar surface area (TPSA) is 43.4 Å². The first kappa shape index (κ1) is 12.0. The average Bonchev–Trinajstić information content (AvgIpc) is 2.13. The number of ketones is 1. The summed E-state index contributed by atoms with van der Waals surface area (Å²) in [6.45, 7) is 5.30. The Morgan fingerprint density at radius 3 is 2.54 bits per heavy atom. The first-order chi connectivity index (χ1) is 6.17. The molecule has 0 atom stereocenters. The van der Waals surface area contributed by atoms with Gasteiger partial charge in [0.1, 0.15) is 0 Å². The molecule has 0 aromatic carbocycles. The van der Waals surface area contributed by atoms with Gasteiger partial charge >= 0.3 is 5.97 Å². The Balaban J connectivity index is 4.46. The van der Waals surface area contributed by atoms with Gasteiger partial charge in [0.05, 0.1) is 11.5 Å². The number of hydrogen-bond acceptors (Lipinski definition) is 4. The molecule has 0 saturated heterocycles. The number of allylic oxidation sites excluding steroid dienone is 2. The van der Waals surface area contributed by atoms with E-state index in [1.165, 1.54) is 23.9 Å². The van der Waals surface area contributed by atoms with Gasteiger partial charge in [0.2, 0.25) is 0 Å². The van der Waals surface area contributed by atoms with Gasteiger partial charge in [-0.3, -0.25) is 4.79 Å². The van der Waals surface area contributed by atoms with Crippen LogP contribution >= 0.6 is 11.8 Å².